The zero-order valence-corrected chi connectivity index (χ0v) is 18.3. The van der Waals surface area contributed by atoms with Gasteiger partial charge in [-0.2, -0.15) is 0 Å². The van der Waals surface area contributed by atoms with Gasteiger partial charge in [0, 0.05) is 11.1 Å². The summed E-state index contributed by atoms with van der Waals surface area (Å²) in [4.78, 5) is 44.8. The minimum Gasteiger partial charge on any atom is -0.273 e. The topological polar surface area (TPSA) is 93.0 Å². The predicted molar refractivity (Wildman–Crippen MR) is 122 cm³/mol. The molecule has 10 heteroatoms. The van der Waals surface area contributed by atoms with Crippen molar-refractivity contribution < 1.29 is 19.3 Å². The summed E-state index contributed by atoms with van der Waals surface area (Å²) in [7, 11) is 0. The third kappa shape index (κ3) is 3.52. The van der Waals surface area contributed by atoms with Crippen molar-refractivity contribution in [2.45, 2.75) is 12.1 Å². The first-order valence-corrected chi connectivity index (χ1v) is 10.7. The second kappa shape index (κ2) is 8.15. The van der Waals surface area contributed by atoms with Gasteiger partial charge in [-0.3, -0.25) is 24.5 Å². The van der Waals surface area contributed by atoms with Crippen LogP contribution in [0.4, 0.5) is 17.1 Å². The number of amides is 2. The quantitative estimate of drug-likeness (QED) is 0.296. The summed E-state index contributed by atoms with van der Waals surface area (Å²) in [6.45, 7) is 0. The molecule has 0 unspecified atom stereocenters. The van der Waals surface area contributed by atoms with Gasteiger partial charge in [-0.1, -0.05) is 47.5 Å². The van der Waals surface area contributed by atoms with Crippen molar-refractivity contribution in [2.24, 2.45) is 5.92 Å². The Hall–Kier alpha value is -3.46. The highest BCUT2D eigenvalue weighted by atomic mass is 35.5. The Bertz CT molecular complexity index is 1270. The number of nitrogens with zero attached hydrogens (tertiary/aromatic N) is 3. The van der Waals surface area contributed by atoms with E-state index in [0.29, 0.717) is 22.0 Å². The fourth-order valence-electron chi connectivity index (χ4n) is 4.25. The van der Waals surface area contributed by atoms with Gasteiger partial charge in [0.25, 0.3) is 11.6 Å². The molecule has 0 N–H and O–H groups in total. The van der Waals surface area contributed by atoms with Gasteiger partial charge in [0.2, 0.25) is 5.91 Å². The van der Waals surface area contributed by atoms with Crippen LogP contribution in [0.25, 0.3) is 0 Å². The molecule has 2 fully saturated rings. The number of rotatable bonds is 4. The highest BCUT2D eigenvalue weighted by molar-refractivity contribution is 6.32. The number of nitro benzene ring substituents is 1. The van der Waals surface area contributed by atoms with E-state index in [0.717, 1.165) is 4.90 Å². The normalized spacial score (nSPS) is 22.1. The Labute approximate surface area is 198 Å². The van der Waals surface area contributed by atoms with Crippen LogP contribution in [-0.2, 0) is 14.4 Å². The third-order valence-electron chi connectivity index (χ3n) is 5.72. The number of carbonyl (C=O) groups is 2. The number of carbonyl (C=O) groups excluding carboxylic acids is 2. The summed E-state index contributed by atoms with van der Waals surface area (Å²) < 4.78 is 0. The standard InChI is InChI=1S/C23H15Cl2N3O5/c24-14-7-9-15(10-8-14)26-22(29)19-20(13-6-11-17(25)18(12-13)28(31)32)27(33-21(19)23(26)30)16-4-2-1-3-5-16/h1-12,19-21H/t19-,20+,21-/m1/s1. The van der Waals surface area contributed by atoms with Crippen LogP contribution < -0.4 is 9.96 Å². The van der Waals surface area contributed by atoms with Gasteiger partial charge < -0.3 is 0 Å². The number of halogens is 2. The van der Waals surface area contributed by atoms with Crippen LogP contribution in [0.3, 0.4) is 0 Å². The maximum absolute atomic E-state index is 13.5. The molecule has 0 aromatic heterocycles. The van der Waals surface area contributed by atoms with Crippen LogP contribution in [0, 0.1) is 16.0 Å². The van der Waals surface area contributed by atoms with Crippen LogP contribution in [0.1, 0.15) is 11.6 Å². The second-order valence-corrected chi connectivity index (χ2v) is 8.46. The zero-order chi connectivity index (χ0) is 23.3. The molecule has 166 valence electrons. The van der Waals surface area contributed by atoms with E-state index in [2.05, 4.69) is 0 Å². The van der Waals surface area contributed by atoms with Gasteiger partial charge in [0.1, 0.15) is 10.9 Å². The molecule has 5 rings (SSSR count). The lowest BCUT2D eigenvalue weighted by atomic mass is 9.90. The highest BCUT2D eigenvalue weighted by Crippen LogP contribution is 2.48. The number of imide groups is 1. The van der Waals surface area contributed by atoms with E-state index in [1.165, 1.54) is 17.2 Å². The van der Waals surface area contributed by atoms with Gasteiger partial charge in [-0.05, 0) is 48.0 Å². The fourth-order valence-corrected chi connectivity index (χ4v) is 4.56. The monoisotopic (exact) mass is 483 g/mol. The van der Waals surface area contributed by atoms with Crippen LogP contribution in [0.5, 0.6) is 0 Å². The average molecular weight is 484 g/mol. The molecule has 2 aliphatic heterocycles. The van der Waals surface area contributed by atoms with E-state index in [-0.39, 0.29) is 10.7 Å². The van der Waals surface area contributed by atoms with E-state index >= 15 is 0 Å². The minimum absolute atomic E-state index is 0.0258. The van der Waals surface area contributed by atoms with Crippen LogP contribution in [-0.4, -0.2) is 22.8 Å². The second-order valence-electron chi connectivity index (χ2n) is 7.61. The van der Waals surface area contributed by atoms with E-state index < -0.39 is 34.8 Å². The van der Waals surface area contributed by atoms with Crippen LogP contribution >= 0.6 is 23.2 Å². The molecule has 8 nitrogen and oxygen atoms in total. The summed E-state index contributed by atoms with van der Waals surface area (Å²) >= 11 is 11.9. The van der Waals surface area contributed by atoms with Crippen molar-refractivity contribution in [3.8, 4) is 0 Å². The number of hydrogen-bond acceptors (Lipinski definition) is 6. The predicted octanol–water partition coefficient (Wildman–Crippen LogP) is 4.95. The molecule has 3 aromatic rings. The largest absolute Gasteiger partial charge is 0.288 e. The smallest absolute Gasteiger partial charge is 0.273 e. The summed E-state index contributed by atoms with van der Waals surface area (Å²) in [6, 6.07) is 18.8. The van der Waals surface area contributed by atoms with Crippen LogP contribution in [0.2, 0.25) is 10.0 Å². The fraction of sp³-hybridized carbons (Fsp3) is 0.130. The Morgan fingerprint density at radius 3 is 2.24 bits per heavy atom. The zero-order valence-electron chi connectivity index (χ0n) is 16.8. The summed E-state index contributed by atoms with van der Waals surface area (Å²) in [5.74, 6) is -1.90. The number of nitro groups is 1. The van der Waals surface area contributed by atoms with Gasteiger partial charge >= 0.3 is 0 Å². The van der Waals surface area contributed by atoms with Crippen molar-refractivity contribution in [3.63, 3.8) is 0 Å². The molecular formula is C23H15Cl2N3O5. The molecule has 2 amide bonds. The van der Waals surface area contributed by atoms with E-state index in [1.54, 1.807) is 54.6 Å². The Balaban J connectivity index is 1.61. The third-order valence-corrected chi connectivity index (χ3v) is 6.29. The molecule has 2 heterocycles. The van der Waals surface area contributed by atoms with Gasteiger partial charge in [-0.25, -0.2) is 9.96 Å². The number of benzene rings is 3. The molecule has 3 aromatic carbocycles. The van der Waals surface area contributed by atoms with E-state index in [1.807, 2.05) is 6.07 Å². The molecule has 0 bridgehead atoms. The van der Waals surface area contributed by atoms with Crippen molar-refractivity contribution in [1.29, 1.82) is 0 Å². The summed E-state index contributed by atoms with van der Waals surface area (Å²) in [6.07, 6.45) is -1.09. The number of hydroxylamine groups is 1. The Morgan fingerprint density at radius 2 is 1.58 bits per heavy atom. The first-order chi connectivity index (χ1) is 15.9. The lowest BCUT2D eigenvalue weighted by Crippen LogP contribution is -2.37. The lowest BCUT2D eigenvalue weighted by molar-refractivity contribution is -0.384. The maximum atomic E-state index is 13.5. The number of para-hydroxylation sites is 1. The molecule has 0 radical (unpaired) electrons. The first-order valence-electron chi connectivity index (χ1n) is 9.95. The minimum atomic E-state index is -1.09. The highest BCUT2D eigenvalue weighted by Gasteiger charge is 2.60. The van der Waals surface area contributed by atoms with Crippen molar-refractivity contribution >= 4 is 52.1 Å². The van der Waals surface area contributed by atoms with E-state index in [4.69, 9.17) is 28.0 Å². The van der Waals surface area contributed by atoms with Crippen molar-refractivity contribution in [1.82, 2.24) is 0 Å². The molecular weight excluding hydrogens is 469 g/mol. The maximum Gasteiger partial charge on any atom is 0.288 e. The molecule has 0 spiro atoms. The Morgan fingerprint density at radius 1 is 0.879 bits per heavy atom. The summed E-state index contributed by atoms with van der Waals surface area (Å²) in [5.41, 5.74) is 1.12. The molecule has 33 heavy (non-hydrogen) atoms. The SMILES string of the molecule is O=C1[C@H]2[C@@H](ON(c3ccccc3)[C@H]2c2ccc(Cl)c([N+](=O)[O-])c2)C(=O)N1c1ccc(Cl)cc1. The number of fused-ring (bicyclic) bond motifs is 1. The van der Waals surface area contributed by atoms with E-state index in [9.17, 15) is 19.7 Å². The molecule has 0 saturated carbocycles. The van der Waals surface area contributed by atoms with Crippen molar-refractivity contribution in [2.75, 3.05) is 9.96 Å². The number of anilines is 2. The van der Waals surface area contributed by atoms with Gasteiger partial charge in [0.05, 0.1) is 22.3 Å². The van der Waals surface area contributed by atoms with Gasteiger partial charge in [-0.15, -0.1) is 0 Å². The average Bonchev–Trinajstić information content (AvgIpc) is 3.31. The molecule has 2 saturated heterocycles. The van der Waals surface area contributed by atoms with Gasteiger partial charge in [0.15, 0.2) is 6.10 Å². The molecule has 0 aliphatic carbocycles. The first kappa shape index (κ1) is 21.4. The molecule has 2 aliphatic rings. The van der Waals surface area contributed by atoms with Crippen LogP contribution in [0.15, 0.2) is 72.8 Å². The lowest BCUT2D eigenvalue weighted by Gasteiger charge is -2.28. The number of hydrogen-bond donors (Lipinski definition) is 0. The Kier molecular flexibility index (Phi) is 5.28. The summed E-state index contributed by atoms with van der Waals surface area (Å²) in [5, 5.41) is 13.4. The van der Waals surface area contributed by atoms with Crippen molar-refractivity contribution in [3.05, 3.63) is 98.5 Å². The molecule has 3 atom stereocenters.